The van der Waals surface area contributed by atoms with Crippen molar-refractivity contribution in [3.8, 4) is 0 Å². The molecule has 0 radical (unpaired) electrons. The second kappa shape index (κ2) is 8.61. The Labute approximate surface area is 176 Å². The summed E-state index contributed by atoms with van der Waals surface area (Å²) in [6.45, 7) is 2.58. The van der Waals surface area contributed by atoms with Crippen LogP contribution in [0.2, 0.25) is 0 Å². The molecule has 1 saturated heterocycles. The largest absolute Gasteiger partial charge is 0.337 e. The molecule has 2 aromatic rings. The number of nitrogens with zero attached hydrogens (tertiary/aromatic N) is 3. The first-order chi connectivity index (χ1) is 14.5. The number of likely N-dealkylation sites (tertiary alicyclic amines) is 1. The van der Waals surface area contributed by atoms with Gasteiger partial charge in [-0.15, -0.1) is 0 Å². The third-order valence-electron chi connectivity index (χ3n) is 5.86. The van der Waals surface area contributed by atoms with Gasteiger partial charge in [0, 0.05) is 31.0 Å². The minimum absolute atomic E-state index is 0.0161. The normalized spacial score (nSPS) is 19.5. The fourth-order valence-electron chi connectivity index (χ4n) is 4.14. The molecule has 6 heteroatoms. The van der Waals surface area contributed by atoms with Crippen LogP contribution in [0.1, 0.15) is 36.5 Å². The van der Waals surface area contributed by atoms with E-state index in [1.165, 1.54) is 6.92 Å². The van der Waals surface area contributed by atoms with E-state index in [0.29, 0.717) is 38.1 Å². The number of Topliss-reactive ketones (excluding diaryl/α,β-unsaturated/α-hetero) is 2. The molecule has 0 aliphatic carbocycles. The highest BCUT2D eigenvalue weighted by Crippen LogP contribution is 2.27. The molecule has 2 aliphatic heterocycles. The second-order valence-corrected chi connectivity index (χ2v) is 7.85. The smallest absolute Gasteiger partial charge is 0.270 e. The summed E-state index contributed by atoms with van der Waals surface area (Å²) in [5.41, 5.74) is 1.94. The van der Waals surface area contributed by atoms with E-state index in [-0.39, 0.29) is 23.4 Å². The highest BCUT2D eigenvalue weighted by molar-refractivity contribution is 6.40. The van der Waals surface area contributed by atoms with Crippen LogP contribution in [0.4, 0.5) is 5.69 Å². The summed E-state index contributed by atoms with van der Waals surface area (Å²) in [7, 11) is 0. The molecular weight excluding hydrogens is 378 g/mol. The minimum atomic E-state index is -0.455. The molecule has 0 bridgehead atoms. The molecule has 1 fully saturated rings. The third-order valence-corrected chi connectivity index (χ3v) is 5.86. The van der Waals surface area contributed by atoms with Gasteiger partial charge >= 0.3 is 0 Å². The van der Waals surface area contributed by atoms with Crippen molar-refractivity contribution in [3.63, 3.8) is 0 Å². The highest BCUT2D eigenvalue weighted by Gasteiger charge is 2.37. The minimum Gasteiger partial charge on any atom is -0.337 e. The fraction of sp³-hybridized carbons (Fsp3) is 0.333. The van der Waals surface area contributed by atoms with Crippen LogP contribution in [0.25, 0.3) is 0 Å². The number of hydrogen-bond donors (Lipinski definition) is 0. The SMILES string of the molecule is CC(=O)C1CC(C(=O)N2CCC(C(=O)c3ccccc3)CC2)=NN1c1ccccc1. The van der Waals surface area contributed by atoms with Gasteiger partial charge in [0.25, 0.3) is 5.91 Å². The first-order valence-electron chi connectivity index (χ1n) is 10.4. The topological polar surface area (TPSA) is 70.0 Å². The molecule has 2 heterocycles. The molecule has 0 spiro atoms. The van der Waals surface area contributed by atoms with E-state index < -0.39 is 6.04 Å². The van der Waals surface area contributed by atoms with Gasteiger partial charge in [-0.25, -0.2) is 0 Å². The quantitative estimate of drug-likeness (QED) is 0.718. The van der Waals surface area contributed by atoms with Crippen LogP contribution in [0.15, 0.2) is 65.8 Å². The predicted octanol–water partition coefficient (Wildman–Crippen LogP) is 3.33. The summed E-state index contributed by atoms with van der Waals surface area (Å²) in [4.78, 5) is 39.7. The van der Waals surface area contributed by atoms with Crippen LogP contribution in [0.3, 0.4) is 0 Å². The number of carbonyl (C=O) groups excluding carboxylic acids is 3. The summed E-state index contributed by atoms with van der Waals surface area (Å²) in [6.07, 6.45) is 1.60. The molecule has 4 rings (SSSR count). The number of hydrazone groups is 1. The lowest BCUT2D eigenvalue weighted by atomic mass is 9.88. The van der Waals surface area contributed by atoms with Gasteiger partial charge < -0.3 is 4.90 Å². The van der Waals surface area contributed by atoms with Crippen LogP contribution in [-0.4, -0.2) is 47.2 Å². The van der Waals surface area contributed by atoms with Crippen molar-refractivity contribution in [2.75, 3.05) is 18.1 Å². The Morgan fingerprint density at radius 3 is 2.10 bits per heavy atom. The summed E-state index contributed by atoms with van der Waals surface area (Å²) in [6, 6.07) is 18.3. The maximum atomic E-state index is 13.1. The van der Waals surface area contributed by atoms with Gasteiger partial charge in [0.2, 0.25) is 0 Å². The number of carbonyl (C=O) groups is 3. The number of hydrogen-bond acceptors (Lipinski definition) is 5. The Hall–Kier alpha value is -3.28. The van der Waals surface area contributed by atoms with Gasteiger partial charge in [0.1, 0.15) is 11.8 Å². The highest BCUT2D eigenvalue weighted by atomic mass is 16.2. The average Bonchev–Trinajstić information content (AvgIpc) is 3.25. The van der Waals surface area contributed by atoms with Crippen molar-refractivity contribution in [3.05, 3.63) is 66.2 Å². The predicted molar refractivity (Wildman–Crippen MR) is 116 cm³/mol. The maximum Gasteiger partial charge on any atom is 0.270 e. The van der Waals surface area contributed by atoms with Crippen molar-refractivity contribution in [1.29, 1.82) is 0 Å². The molecule has 1 amide bonds. The van der Waals surface area contributed by atoms with E-state index in [4.69, 9.17) is 0 Å². The number of piperidine rings is 1. The van der Waals surface area contributed by atoms with Gasteiger partial charge in [-0.1, -0.05) is 48.5 Å². The molecule has 2 aliphatic rings. The first kappa shape index (κ1) is 20.0. The van der Waals surface area contributed by atoms with Crippen molar-refractivity contribution < 1.29 is 14.4 Å². The molecule has 6 nitrogen and oxygen atoms in total. The number of rotatable bonds is 5. The molecule has 2 aromatic carbocycles. The summed E-state index contributed by atoms with van der Waals surface area (Å²) in [5.74, 6) is -0.0663. The molecular formula is C24H25N3O3. The van der Waals surface area contributed by atoms with Gasteiger partial charge in [-0.2, -0.15) is 5.10 Å². The van der Waals surface area contributed by atoms with E-state index in [0.717, 1.165) is 11.3 Å². The van der Waals surface area contributed by atoms with Crippen LogP contribution < -0.4 is 5.01 Å². The summed E-state index contributed by atoms with van der Waals surface area (Å²) < 4.78 is 0. The zero-order chi connectivity index (χ0) is 21.1. The van der Waals surface area contributed by atoms with Gasteiger partial charge in [0.15, 0.2) is 11.6 Å². The molecule has 1 unspecified atom stereocenters. The van der Waals surface area contributed by atoms with Gasteiger partial charge in [-0.05, 0) is 31.9 Å². The number of ketones is 2. The zero-order valence-corrected chi connectivity index (χ0v) is 17.0. The zero-order valence-electron chi connectivity index (χ0n) is 17.0. The fourth-order valence-corrected chi connectivity index (χ4v) is 4.14. The Kier molecular flexibility index (Phi) is 5.74. The molecule has 30 heavy (non-hydrogen) atoms. The van der Waals surface area contributed by atoms with Crippen molar-refractivity contribution in [1.82, 2.24) is 4.90 Å². The first-order valence-corrected chi connectivity index (χ1v) is 10.4. The molecule has 0 saturated carbocycles. The van der Waals surface area contributed by atoms with Gasteiger partial charge in [-0.3, -0.25) is 19.4 Å². The van der Waals surface area contributed by atoms with E-state index in [9.17, 15) is 14.4 Å². The monoisotopic (exact) mass is 403 g/mol. The van der Waals surface area contributed by atoms with E-state index in [1.807, 2.05) is 60.7 Å². The lowest BCUT2D eigenvalue weighted by Crippen LogP contribution is -2.43. The Bertz CT molecular complexity index is 964. The number of anilines is 1. The molecule has 154 valence electrons. The molecule has 1 atom stereocenters. The Morgan fingerprint density at radius 1 is 0.900 bits per heavy atom. The van der Waals surface area contributed by atoms with Crippen LogP contribution in [0.5, 0.6) is 0 Å². The number of amides is 1. The van der Waals surface area contributed by atoms with Crippen LogP contribution >= 0.6 is 0 Å². The average molecular weight is 403 g/mol. The second-order valence-electron chi connectivity index (χ2n) is 7.85. The van der Waals surface area contributed by atoms with E-state index in [1.54, 1.807) is 9.91 Å². The van der Waals surface area contributed by atoms with Crippen molar-refractivity contribution in [2.45, 2.75) is 32.2 Å². The standard InChI is InChI=1S/C24H25N3O3/c1-17(28)22-16-21(25-27(22)20-10-6-3-7-11-20)24(30)26-14-12-19(13-15-26)23(29)18-8-4-2-5-9-18/h2-11,19,22H,12-16H2,1H3. The van der Waals surface area contributed by atoms with Crippen LogP contribution in [-0.2, 0) is 9.59 Å². The molecule has 0 N–H and O–H groups in total. The maximum absolute atomic E-state index is 13.1. The molecule has 0 aromatic heterocycles. The lowest BCUT2D eigenvalue weighted by molar-refractivity contribution is -0.125. The number of para-hydroxylation sites is 1. The van der Waals surface area contributed by atoms with Crippen molar-refractivity contribution in [2.24, 2.45) is 11.0 Å². The van der Waals surface area contributed by atoms with Gasteiger partial charge in [0.05, 0.1) is 5.69 Å². The summed E-state index contributed by atoms with van der Waals surface area (Å²) in [5, 5.41) is 6.16. The van der Waals surface area contributed by atoms with Crippen molar-refractivity contribution >= 4 is 28.9 Å². The van der Waals surface area contributed by atoms with Crippen LogP contribution in [0, 0.1) is 5.92 Å². The summed E-state index contributed by atoms with van der Waals surface area (Å²) >= 11 is 0. The lowest BCUT2D eigenvalue weighted by Gasteiger charge is -2.31. The Balaban J connectivity index is 1.43. The third kappa shape index (κ3) is 4.03. The Morgan fingerprint density at radius 2 is 1.50 bits per heavy atom. The van der Waals surface area contributed by atoms with E-state index in [2.05, 4.69) is 5.10 Å². The van der Waals surface area contributed by atoms with E-state index >= 15 is 0 Å². The number of benzene rings is 2.